The Balaban J connectivity index is 2.30. The number of rotatable bonds is 2. The summed E-state index contributed by atoms with van der Waals surface area (Å²) < 4.78 is 0. The normalized spacial score (nSPS) is 12.4. The summed E-state index contributed by atoms with van der Waals surface area (Å²) in [6.07, 6.45) is 3.74. The van der Waals surface area contributed by atoms with E-state index in [1.165, 1.54) is 11.1 Å². The maximum atomic E-state index is 4.13. The molecule has 0 fully saturated rings. The van der Waals surface area contributed by atoms with Gasteiger partial charge in [-0.1, -0.05) is 43.3 Å². The molecule has 0 saturated carbocycles. The first-order chi connectivity index (χ1) is 6.88. The molecule has 1 aromatic carbocycles. The number of hydrogen-bond donors (Lipinski definition) is 0. The van der Waals surface area contributed by atoms with Gasteiger partial charge in [-0.2, -0.15) is 0 Å². The number of hydrogen-bond acceptors (Lipinski definition) is 1. The molecule has 0 saturated heterocycles. The fourth-order valence-electron chi connectivity index (χ4n) is 1.57. The number of aromatic nitrogens is 1. The Morgan fingerprint density at radius 3 is 2.29 bits per heavy atom. The van der Waals surface area contributed by atoms with Crippen molar-refractivity contribution in [2.45, 2.75) is 12.8 Å². The van der Waals surface area contributed by atoms with Crippen LogP contribution in [0.5, 0.6) is 0 Å². The molecule has 0 aliphatic rings. The van der Waals surface area contributed by atoms with E-state index in [9.17, 15) is 0 Å². The van der Waals surface area contributed by atoms with Crippen LogP contribution in [0.3, 0.4) is 0 Å². The summed E-state index contributed by atoms with van der Waals surface area (Å²) >= 11 is 0. The molecule has 0 spiro atoms. The van der Waals surface area contributed by atoms with Crippen LogP contribution in [-0.4, -0.2) is 4.98 Å². The molecule has 0 amide bonds. The molecule has 0 N–H and O–H groups in total. The average Bonchev–Trinajstić information content (AvgIpc) is 2.30. The van der Waals surface area contributed by atoms with Gasteiger partial charge in [0.25, 0.3) is 0 Å². The topological polar surface area (TPSA) is 12.9 Å². The Morgan fingerprint density at radius 2 is 1.64 bits per heavy atom. The number of nitrogens with zero attached hydrogens (tertiary/aromatic N) is 1. The van der Waals surface area contributed by atoms with Crippen LogP contribution in [0, 0.1) is 0 Å². The van der Waals surface area contributed by atoms with E-state index in [0.29, 0.717) is 5.92 Å². The average molecular weight is 183 g/mol. The van der Waals surface area contributed by atoms with E-state index in [-0.39, 0.29) is 0 Å². The third-order valence-electron chi connectivity index (χ3n) is 2.48. The van der Waals surface area contributed by atoms with Crippen molar-refractivity contribution in [3.05, 3.63) is 66.0 Å². The quantitative estimate of drug-likeness (QED) is 0.696. The summed E-state index contributed by atoms with van der Waals surface area (Å²) in [4.78, 5) is 4.13. The lowest BCUT2D eigenvalue weighted by molar-refractivity contribution is 0.911. The maximum Gasteiger partial charge on any atom is 0.0305 e. The summed E-state index contributed by atoms with van der Waals surface area (Å²) in [5.74, 6) is 0.421. The Kier molecular flexibility index (Phi) is 2.59. The molecule has 1 unspecified atom stereocenters. The zero-order valence-electron chi connectivity index (χ0n) is 8.22. The highest BCUT2D eigenvalue weighted by atomic mass is 14.6. The van der Waals surface area contributed by atoms with Crippen molar-refractivity contribution in [1.82, 2.24) is 4.98 Å². The molecule has 0 aliphatic heterocycles. The monoisotopic (exact) mass is 183 g/mol. The van der Waals surface area contributed by atoms with Crippen molar-refractivity contribution in [3.8, 4) is 0 Å². The Bertz CT molecular complexity index is 341. The van der Waals surface area contributed by atoms with Gasteiger partial charge in [-0.25, -0.2) is 0 Å². The second-order valence-corrected chi connectivity index (χ2v) is 3.42. The molecule has 14 heavy (non-hydrogen) atoms. The lowest BCUT2D eigenvalue weighted by Gasteiger charge is -2.10. The fraction of sp³-hybridized carbons (Fsp3) is 0.154. The van der Waals surface area contributed by atoms with Crippen LogP contribution >= 0.6 is 0 Å². The van der Waals surface area contributed by atoms with Crippen molar-refractivity contribution in [2.24, 2.45) is 0 Å². The van der Waals surface area contributed by atoms with Gasteiger partial charge < -0.3 is 0 Å². The predicted molar refractivity (Wildman–Crippen MR) is 58.2 cm³/mol. The molecule has 0 aliphatic carbocycles. The SMILES string of the molecule is CC(c1ccccc1)c1cccnc1. The van der Waals surface area contributed by atoms with Gasteiger partial charge in [-0.05, 0) is 17.2 Å². The molecule has 1 aromatic heterocycles. The summed E-state index contributed by atoms with van der Waals surface area (Å²) in [6, 6.07) is 14.6. The highest BCUT2D eigenvalue weighted by molar-refractivity contribution is 5.29. The van der Waals surface area contributed by atoms with Gasteiger partial charge >= 0.3 is 0 Å². The molecule has 1 heteroatoms. The van der Waals surface area contributed by atoms with E-state index in [1.54, 1.807) is 6.20 Å². The Morgan fingerprint density at radius 1 is 0.929 bits per heavy atom. The smallest absolute Gasteiger partial charge is 0.0305 e. The van der Waals surface area contributed by atoms with Crippen molar-refractivity contribution in [3.63, 3.8) is 0 Å². The third-order valence-corrected chi connectivity index (χ3v) is 2.48. The summed E-state index contributed by atoms with van der Waals surface area (Å²) in [5, 5.41) is 0. The predicted octanol–water partition coefficient (Wildman–Crippen LogP) is 3.23. The van der Waals surface area contributed by atoms with E-state index >= 15 is 0 Å². The van der Waals surface area contributed by atoms with E-state index in [0.717, 1.165) is 0 Å². The molecule has 0 radical (unpaired) electrons. The highest BCUT2D eigenvalue weighted by Crippen LogP contribution is 2.22. The van der Waals surface area contributed by atoms with Crippen molar-refractivity contribution >= 4 is 0 Å². The summed E-state index contributed by atoms with van der Waals surface area (Å²) in [7, 11) is 0. The lowest BCUT2D eigenvalue weighted by Crippen LogP contribution is -1.95. The highest BCUT2D eigenvalue weighted by Gasteiger charge is 2.06. The molecule has 1 atom stereocenters. The fourth-order valence-corrected chi connectivity index (χ4v) is 1.57. The first-order valence-electron chi connectivity index (χ1n) is 4.83. The van der Waals surface area contributed by atoms with Gasteiger partial charge in [0.1, 0.15) is 0 Å². The molecular formula is C13H13N. The van der Waals surface area contributed by atoms with Gasteiger partial charge in [-0.15, -0.1) is 0 Å². The van der Waals surface area contributed by atoms with Crippen LogP contribution < -0.4 is 0 Å². The second kappa shape index (κ2) is 4.05. The summed E-state index contributed by atoms with van der Waals surface area (Å²) in [6.45, 7) is 2.20. The first kappa shape index (κ1) is 8.95. The third kappa shape index (κ3) is 1.82. The van der Waals surface area contributed by atoms with E-state index in [2.05, 4.69) is 42.2 Å². The van der Waals surface area contributed by atoms with Gasteiger partial charge in [-0.3, -0.25) is 4.98 Å². The lowest BCUT2D eigenvalue weighted by atomic mass is 9.95. The van der Waals surface area contributed by atoms with Gasteiger partial charge in [0.15, 0.2) is 0 Å². The van der Waals surface area contributed by atoms with Crippen LogP contribution in [0.15, 0.2) is 54.9 Å². The standard InChI is InChI=1S/C13H13N/c1-11(12-6-3-2-4-7-12)13-8-5-9-14-10-13/h2-11H,1H3. The molecule has 70 valence electrons. The van der Waals surface area contributed by atoms with Crippen molar-refractivity contribution in [1.29, 1.82) is 0 Å². The van der Waals surface area contributed by atoms with Crippen LogP contribution in [0.2, 0.25) is 0 Å². The van der Waals surface area contributed by atoms with Crippen LogP contribution in [-0.2, 0) is 0 Å². The first-order valence-corrected chi connectivity index (χ1v) is 4.83. The molecule has 2 rings (SSSR count). The Labute approximate surface area is 84.4 Å². The van der Waals surface area contributed by atoms with E-state index in [1.807, 2.05) is 18.3 Å². The minimum atomic E-state index is 0.421. The molecule has 0 bridgehead atoms. The summed E-state index contributed by atoms with van der Waals surface area (Å²) in [5.41, 5.74) is 2.60. The van der Waals surface area contributed by atoms with Crippen molar-refractivity contribution < 1.29 is 0 Å². The number of benzene rings is 1. The van der Waals surface area contributed by atoms with Gasteiger partial charge in [0.05, 0.1) is 0 Å². The zero-order chi connectivity index (χ0) is 9.80. The van der Waals surface area contributed by atoms with Gasteiger partial charge in [0, 0.05) is 18.3 Å². The minimum Gasteiger partial charge on any atom is -0.264 e. The zero-order valence-corrected chi connectivity index (χ0v) is 8.22. The Hall–Kier alpha value is -1.63. The minimum absolute atomic E-state index is 0.421. The van der Waals surface area contributed by atoms with E-state index in [4.69, 9.17) is 0 Å². The van der Waals surface area contributed by atoms with E-state index < -0.39 is 0 Å². The van der Waals surface area contributed by atoms with Crippen LogP contribution in [0.1, 0.15) is 24.0 Å². The second-order valence-electron chi connectivity index (χ2n) is 3.42. The molecular weight excluding hydrogens is 170 g/mol. The molecule has 1 nitrogen and oxygen atoms in total. The molecule has 1 heterocycles. The van der Waals surface area contributed by atoms with Crippen LogP contribution in [0.25, 0.3) is 0 Å². The molecule has 2 aromatic rings. The van der Waals surface area contributed by atoms with Crippen LogP contribution in [0.4, 0.5) is 0 Å². The van der Waals surface area contributed by atoms with Gasteiger partial charge in [0.2, 0.25) is 0 Å². The van der Waals surface area contributed by atoms with Crippen molar-refractivity contribution in [2.75, 3.05) is 0 Å². The maximum absolute atomic E-state index is 4.13. The largest absolute Gasteiger partial charge is 0.264 e. The number of pyridine rings is 1.